The van der Waals surface area contributed by atoms with Gasteiger partial charge in [0.1, 0.15) is 5.82 Å². The number of fused-ring (bicyclic) bond motifs is 1. The fourth-order valence-electron chi connectivity index (χ4n) is 2.48. The predicted molar refractivity (Wildman–Crippen MR) is 79.7 cm³/mol. The molecule has 5 heteroatoms. The fraction of sp³-hybridized carbons (Fsp3) is 0.375. The molecule has 1 aliphatic heterocycles. The predicted octanol–water partition coefficient (Wildman–Crippen LogP) is 2.26. The van der Waals surface area contributed by atoms with Crippen LogP contribution in [-0.4, -0.2) is 30.2 Å². The zero-order valence-electron chi connectivity index (χ0n) is 12.3. The Labute approximate surface area is 124 Å². The van der Waals surface area contributed by atoms with E-state index in [9.17, 15) is 0 Å². The lowest BCUT2D eigenvalue weighted by Crippen LogP contribution is -2.19. The normalized spacial score (nSPS) is 15.3. The molecule has 0 bridgehead atoms. The molecule has 2 heterocycles. The van der Waals surface area contributed by atoms with Gasteiger partial charge in [-0.2, -0.15) is 0 Å². The van der Waals surface area contributed by atoms with Crippen LogP contribution in [-0.2, 0) is 0 Å². The number of nitrogens with zero attached hydrogens (tertiary/aromatic N) is 2. The Morgan fingerprint density at radius 1 is 1.14 bits per heavy atom. The van der Waals surface area contributed by atoms with Gasteiger partial charge in [-0.25, -0.2) is 9.97 Å². The molecular formula is C16H19N3O2. The van der Waals surface area contributed by atoms with E-state index >= 15 is 0 Å². The van der Waals surface area contributed by atoms with Gasteiger partial charge in [-0.15, -0.1) is 0 Å². The maximum Gasteiger partial charge on any atom is 0.161 e. The highest BCUT2D eigenvalue weighted by Crippen LogP contribution is 2.33. The van der Waals surface area contributed by atoms with Crippen molar-refractivity contribution in [2.24, 2.45) is 0 Å². The van der Waals surface area contributed by atoms with E-state index in [0.717, 1.165) is 35.0 Å². The molecule has 110 valence electrons. The fourth-order valence-corrected chi connectivity index (χ4v) is 2.48. The van der Waals surface area contributed by atoms with E-state index in [1.165, 1.54) is 0 Å². The minimum Gasteiger partial charge on any atom is -0.490 e. The molecule has 1 unspecified atom stereocenters. The second-order valence-electron chi connectivity index (χ2n) is 5.01. The number of rotatable bonds is 3. The van der Waals surface area contributed by atoms with Crippen molar-refractivity contribution in [3.8, 4) is 11.5 Å². The molecule has 0 fully saturated rings. The first-order valence-electron chi connectivity index (χ1n) is 7.14. The highest BCUT2D eigenvalue weighted by molar-refractivity contribution is 5.45. The molecule has 0 saturated heterocycles. The van der Waals surface area contributed by atoms with Crippen LogP contribution < -0.4 is 14.8 Å². The number of aromatic nitrogens is 2. The summed E-state index contributed by atoms with van der Waals surface area (Å²) in [6, 6.07) is 7.97. The quantitative estimate of drug-likeness (QED) is 0.937. The van der Waals surface area contributed by atoms with Gasteiger partial charge in [0, 0.05) is 12.6 Å². The summed E-state index contributed by atoms with van der Waals surface area (Å²) in [6.45, 7) is 3.28. The summed E-state index contributed by atoms with van der Waals surface area (Å²) in [5, 5.41) is 3.30. The largest absolute Gasteiger partial charge is 0.490 e. The van der Waals surface area contributed by atoms with E-state index < -0.39 is 0 Å². The highest BCUT2D eigenvalue weighted by Gasteiger charge is 2.17. The van der Waals surface area contributed by atoms with Crippen LogP contribution in [0, 0.1) is 6.92 Å². The van der Waals surface area contributed by atoms with Crippen molar-refractivity contribution in [3.05, 3.63) is 47.5 Å². The smallest absolute Gasteiger partial charge is 0.161 e. The van der Waals surface area contributed by atoms with Crippen molar-refractivity contribution < 1.29 is 9.47 Å². The number of aryl methyl sites for hydroxylation is 1. The summed E-state index contributed by atoms with van der Waals surface area (Å²) < 4.78 is 11.4. The van der Waals surface area contributed by atoms with Crippen LogP contribution in [0.4, 0.5) is 0 Å². The Hall–Kier alpha value is -2.14. The molecule has 3 rings (SSSR count). The zero-order chi connectivity index (χ0) is 14.7. The van der Waals surface area contributed by atoms with Gasteiger partial charge in [0.05, 0.1) is 24.9 Å². The van der Waals surface area contributed by atoms with Gasteiger partial charge in [-0.05, 0) is 37.7 Å². The van der Waals surface area contributed by atoms with E-state index in [-0.39, 0.29) is 6.04 Å². The first-order chi connectivity index (χ1) is 10.3. The van der Waals surface area contributed by atoms with Crippen LogP contribution in [0.3, 0.4) is 0 Å². The first-order valence-corrected chi connectivity index (χ1v) is 7.14. The number of hydrogen-bond acceptors (Lipinski definition) is 5. The van der Waals surface area contributed by atoms with Crippen molar-refractivity contribution >= 4 is 0 Å². The Kier molecular flexibility index (Phi) is 4.01. The van der Waals surface area contributed by atoms with Crippen LogP contribution >= 0.6 is 0 Å². The molecule has 0 spiro atoms. The molecule has 1 aromatic carbocycles. The van der Waals surface area contributed by atoms with E-state index in [4.69, 9.17) is 9.47 Å². The molecular weight excluding hydrogens is 266 g/mol. The molecule has 0 amide bonds. The Balaban J connectivity index is 1.96. The standard InChI is InChI=1S/C16H19N3O2/c1-11-18-7-6-13(19-11)16(17-2)12-4-5-14-15(10-12)21-9-3-8-20-14/h4-7,10,16-17H,3,8-9H2,1-2H3. The lowest BCUT2D eigenvalue weighted by atomic mass is 10.0. The topological polar surface area (TPSA) is 56.3 Å². The van der Waals surface area contributed by atoms with Crippen LogP contribution in [0.25, 0.3) is 0 Å². The van der Waals surface area contributed by atoms with Gasteiger partial charge in [-0.3, -0.25) is 0 Å². The molecule has 21 heavy (non-hydrogen) atoms. The summed E-state index contributed by atoms with van der Waals surface area (Å²) >= 11 is 0. The highest BCUT2D eigenvalue weighted by atomic mass is 16.5. The van der Waals surface area contributed by atoms with Crippen LogP contribution in [0.15, 0.2) is 30.5 Å². The summed E-state index contributed by atoms with van der Waals surface area (Å²) in [7, 11) is 1.92. The average molecular weight is 285 g/mol. The maximum absolute atomic E-state index is 5.76. The maximum atomic E-state index is 5.76. The van der Waals surface area contributed by atoms with Crippen LogP contribution in [0.2, 0.25) is 0 Å². The summed E-state index contributed by atoms with van der Waals surface area (Å²) in [4.78, 5) is 8.65. The average Bonchev–Trinajstić information content (AvgIpc) is 2.73. The minimum absolute atomic E-state index is 0.00357. The molecule has 1 N–H and O–H groups in total. The molecule has 1 aliphatic rings. The third kappa shape index (κ3) is 2.97. The van der Waals surface area contributed by atoms with Crippen LogP contribution in [0.5, 0.6) is 11.5 Å². The van der Waals surface area contributed by atoms with Crippen molar-refractivity contribution in [3.63, 3.8) is 0 Å². The molecule has 0 aliphatic carbocycles. The Morgan fingerprint density at radius 3 is 2.71 bits per heavy atom. The van der Waals surface area contributed by atoms with E-state index in [1.807, 2.05) is 38.2 Å². The number of hydrogen-bond donors (Lipinski definition) is 1. The first kappa shape index (κ1) is 13.8. The van der Waals surface area contributed by atoms with Gasteiger partial charge < -0.3 is 14.8 Å². The molecule has 2 aromatic rings. The number of benzene rings is 1. The third-order valence-electron chi connectivity index (χ3n) is 3.49. The van der Waals surface area contributed by atoms with E-state index in [2.05, 4.69) is 15.3 Å². The Bertz CT molecular complexity index is 631. The summed E-state index contributed by atoms with van der Waals surface area (Å²) in [6.07, 6.45) is 2.69. The summed E-state index contributed by atoms with van der Waals surface area (Å²) in [5.74, 6) is 2.38. The second-order valence-corrected chi connectivity index (χ2v) is 5.01. The number of ether oxygens (including phenoxy) is 2. The molecule has 0 radical (unpaired) electrons. The van der Waals surface area contributed by atoms with Gasteiger partial charge in [0.2, 0.25) is 0 Å². The monoisotopic (exact) mass is 285 g/mol. The molecule has 1 atom stereocenters. The van der Waals surface area contributed by atoms with Crippen molar-refractivity contribution in [1.29, 1.82) is 0 Å². The molecule has 1 aromatic heterocycles. The number of nitrogens with one attached hydrogen (secondary N) is 1. The van der Waals surface area contributed by atoms with Gasteiger partial charge in [0.15, 0.2) is 11.5 Å². The lowest BCUT2D eigenvalue weighted by Gasteiger charge is -2.18. The van der Waals surface area contributed by atoms with Gasteiger partial charge in [0.25, 0.3) is 0 Å². The molecule has 5 nitrogen and oxygen atoms in total. The van der Waals surface area contributed by atoms with Crippen LogP contribution in [0.1, 0.15) is 29.5 Å². The Morgan fingerprint density at radius 2 is 1.95 bits per heavy atom. The van der Waals surface area contributed by atoms with Crippen molar-refractivity contribution in [2.45, 2.75) is 19.4 Å². The lowest BCUT2D eigenvalue weighted by molar-refractivity contribution is 0.297. The SMILES string of the molecule is CNC(c1ccc2c(c1)OCCCO2)c1ccnc(C)n1. The van der Waals surface area contributed by atoms with E-state index in [0.29, 0.717) is 13.2 Å². The van der Waals surface area contributed by atoms with Gasteiger partial charge in [-0.1, -0.05) is 6.07 Å². The minimum atomic E-state index is 0.00357. The third-order valence-corrected chi connectivity index (χ3v) is 3.49. The van der Waals surface area contributed by atoms with E-state index in [1.54, 1.807) is 6.20 Å². The van der Waals surface area contributed by atoms with Gasteiger partial charge >= 0.3 is 0 Å². The zero-order valence-corrected chi connectivity index (χ0v) is 12.3. The second kappa shape index (κ2) is 6.10. The van der Waals surface area contributed by atoms with Crippen molar-refractivity contribution in [1.82, 2.24) is 15.3 Å². The summed E-state index contributed by atoms with van der Waals surface area (Å²) in [5.41, 5.74) is 2.04. The molecule has 0 saturated carbocycles. The van der Waals surface area contributed by atoms with Crippen molar-refractivity contribution in [2.75, 3.05) is 20.3 Å².